The smallest absolute Gasteiger partial charge is 0.140 e. The molecule has 0 aliphatic carbocycles. The van der Waals surface area contributed by atoms with Gasteiger partial charge in [0.05, 0.1) is 10.9 Å². The number of nitrogens with zero attached hydrogens (tertiary/aromatic N) is 3. The van der Waals surface area contributed by atoms with Crippen molar-refractivity contribution in [2.24, 2.45) is 0 Å². The van der Waals surface area contributed by atoms with E-state index in [9.17, 15) is 0 Å². The Kier molecular flexibility index (Phi) is 4.74. The number of halogens is 1. The Morgan fingerprint density at radius 1 is 1.50 bits per heavy atom. The fourth-order valence-electron chi connectivity index (χ4n) is 1.73. The first-order valence-corrected chi connectivity index (χ1v) is 7.25. The van der Waals surface area contributed by atoms with Gasteiger partial charge in [-0.2, -0.15) is 5.10 Å². The summed E-state index contributed by atoms with van der Waals surface area (Å²) in [5, 5.41) is 7.65. The van der Waals surface area contributed by atoms with Crippen molar-refractivity contribution < 1.29 is 0 Å². The number of aryl methyl sites for hydroxylation is 1. The first-order valence-electron chi connectivity index (χ1n) is 6.06. The molecule has 18 heavy (non-hydrogen) atoms. The van der Waals surface area contributed by atoms with Crippen LogP contribution < -0.4 is 5.32 Å². The number of rotatable bonds is 6. The molecule has 4 nitrogen and oxygen atoms in total. The molecule has 0 aliphatic heterocycles. The molecule has 1 atom stereocenters. The predicted octanol–water partition coefficient (Wildman–Crippen LogP) is 3.25. The Balaban J connectivity index is 1.92. The molecular weight excluding hydrogens is 268 g/mol. The van der Waals surface area contributed by atoms with E-state index < -0.39 is 0 Å². The predicted molar refractivity (Wildman–Crippen MR) is 74.9 cm³/mol. The maximum absolute atomic E-state index is 5.93. The van der Waals surface area contributed by atoms with E-state index in [1.807, 2.05) is 10.7 Å². The highest BCUT2D eigenvalue weighted by molar-refractivity contribution is 7.16. The van der Waals surface area contributed by atoms with Crippen LogP contribution in [-0.2, 0) is 13.1 Å². The monoisotopic (exact) mass is 284 g/mol. The number of hydrogen-bond acceptors (Lipinski definition) is 4. The summed E-state index contributed by atoms with van der Waals surface area (Å²) in [6, 6.07) is 4.26. The molecule has 2 aromatic heterocycles. The van der Waals surface area contributed by atoms with Crippen LogP contribution in [0.5, 0.6) is 0 Å². The Bertz CT molecular complexity index is 494. The van der Waals surface area contributed by atoms with E-state index in [-0.39, 0.29) is 6.04 Å². The average Bonchev–Trinajstić information content (AvgIpc) is 2.96. The number of nitrogens with one attached hydrogen (secondary N) is 1. The molecule has 1 N–H and O–H groups in total. The lowest BCUT2D eigenvalue weighted by molar-refractivity contribution is 0.512. The first kappa shape index (κ1) is 13.5. The highest BCUT2D eigenvalue weighted by Gasteiger charge is 2.10. The van der Waals surface area contributed by atoms with Crippen molar-refractivity contribution in [1.29, 1.82) is 0 Å². The fraction of sp³-hybridized carbons (Fsp3) is 0.500. The third-order valence-corrected chi connectivity index (χ3v) is 4.13. The number of hydrogen-bond donors (Lipinski definition) is 1. The topological polar surface area (TPSA) is 42.7 Å². The summed E-state index contributed by atoms with van der Waals surface area (Å²) in [5.41, 5.74) is 0. The van der Waals surface area contributed by atoms with Gasteiger partial charge in [0.25, 0.3) is 0 Å². The Morgan fingerprint density at radius 3 is 3.00 bits per heavy atom. The molecule has 0 radical (unpaired) electrons. The molecule has 0 fully saturated rings. The molecule has 2 heterocycles. The molecule has 0 bridgehead atoms. The van der Waals surface area contributed by atoms with Crippen LogP contribution >= 0.6 is 22.9 Å². The zero-order chi connectivity index (χ0) is 13.0. The average molecular weight is 285 g/mol. The molecule has 0 aliphatic rings. The van der Waals surface area contributed by atoms with E-state index in [0.29, 0.717) is 0 Å². The first-order chi connectivity index (χ1) is 8.70. The lowest BCUT2D eigenvalue weighted by Crippen LogP contribution is -2.20. The molecule has 2 aromatic rings. The highest BCUT2D eigenvalue weighted by Crippen LogP contribution is 2.26. The van der Waals surface area contributed by atoms with Gasteiger partial charge < -0.3 is 5.32 Å². The van der Waals surface area contributed by atoms with E-state index in [2.05, 4.69) is 35.3 Å². The van der Waals surface area contributed by atoms with E-state index in [0.717, 1.165) is 29.7 Å². The number of aromatic nitrogens is 3. The molecule has 0 saturated heterocycles. The van der Waals surface area contributed by atoms with Crippen LogP contribution in [0.25, 0.3) is 0 Å². The maximum atomic E-state index is 5.93. The van der Waals surface area contributed by atoms with Gasteiger partial charge in [-0.05, 0) is 25.5 Å². The van der Waals surface area contributed by atoms with Crippen LogP contribution in [0.4, 0.5) is 0 Å². The van der Waals surface area contributed by atoms with Crippen LogP contribution in [0.3, 0.4) is 0 Å². The zero-order valence-corrected chi connectivity index (χ0v) is 12.1. The van der Waals surface area contributed by atoms with Gasteiger partial charge in [0.1, 0.15) is 12.2 Å². The standard InChI is InChI=1S/C12H17ClN4S/c1-3-6-17-12(15-8-16-17)7-14-9(2)10-4-5-11(13)18-10/h4-5,8-9,14H,3,6-7H2,1-2H3. The van der Waals surface area contributed by atoms with Gasteiger partial charge in [-0.25, -0.2) is 9.67 Å². The van der Waals surface area contributed by atoms with E-state index in [1.165, 1.54) is 4.88 Å². The number of thiophene rings is 1. The van der Waals surface area contributed by atoms with E-state index >= 15 is 0 Å². The van der Waals surface area contributed by atoms with Gasteiger partial charge in [-0.15, -0.1) is 11.3 Å². The molecular formula is C12H17ClN4S. The van der Waals surface area contributed by atoms with Crippen molar-refractivity contribution in [2.75, 3.05) is 0 Å². The Hall–Kier alpha value is -0.910. The van der Waals surface area contributed by atoms with Gasteiger partial charge in [0.15, 0.2) is 0 Å². The normalized spacial score (nSPS) is 12.8. The van der Waals surface area contributed by atoms with E-state index in [1.54, 1.807) is 17.7 Å². The van der Waals surface area contributed by atoms with Gasteiger partial charge >= 0.3 is 0 Å². The third-order valence-electron chi connectivity index (χ3n) is 2.72. The molecule has 0 saturated carbocycles. The molecule has 98 valence electrons. The van der Waals surface area contributed by atoms with Gasteiger partial charge in [-0.1, -0.05) is 18.5 Å². The van der Waals surface area contributed by atoms with Gasteiger partial charge in [-0.3, -0.25) is 0 Å². The summed E-state index contributed by atoms with van der Waals surface area (Å²) in [7, 11) is 0. The van der Waals surface area contributed by atoms with Crippen molar-refractivity contribution in [1.82, 2.24) is 20.1 Å². The summed E-state index contributed by atoms with van der Waals surface area (Å²) < 4.78 is 2.77. The van der Waals surface area contributed by atoms with Crippen LogP contribution in [0.2, 0.25) is 4.34 Å². The minimum atomic E-state index is 0.272. The largest absolute Gasteiger partial charge is 0.302 e. The summed E-state index contributed by atoms with van der Waals surface area (Å²) >= 11 is 7.54. The van der Waals surface area contributed by atoms with Crippen LogP contribution in [0.15, 0.2) is 18.5 Å². The minimum absolute atomic E-state index is 0.272. The highest BCUT2D eigenvalue weighted by atomic mass is 35.5. The van der Waals surface area contributed by atoms with Gasteiger partial charge in [0.2, 0.25) is 0 Å². The molecule has 6 heteroatoms. The van der Waals surface area contributed by atoms with Crippen molar-refractivity contribution in [2.45, 2.75) is 39.4 Å². The molecule has 1 unspecified atom stereocenters. The second kappa shape index (κ2) is 6.31. The SMILES string of the molecule is CCCn1ncnc1CNC(C)c1ccc(Cl)s1. The molecule has 0 spiro atoms. The fourth-order valence-corrected chi connectivity index (χ4v) is 2.82. The molecule has 2 rings (SSSR count). The second-order valence-electron chi connectivity index (χ2n) is 4.14. The molecule has 0 aromatic carbocycles. The Morgan fingerprint density at radius 2 is 2.33 bits per heavy atom. The molecule has 0 amide bonds. The summed E-state index contributed by atoms with van der Waals surface area (Å²) in [6.45, 7) is 5.89. The van der Waals surface area contributed by atoms with Crippen molar-refractivity contribution in [3.05, 3.63) is 33.5 Å². The third kappa shape index (κ3) is 3.31. The summed E-state index contributed by atoms with van der Waals surface area (Å²) in [5.74, 6) is 0.978. The minimum Gasteiger partial charge on any atom is -0.302 e. The lowest BCUT2D eigenvalue weighted by Gasteiger charge is -2.12. The zero-order valence-electron chi connectivity index (χ0n) is 10.6. The second-order valence-corrected chi connectivity index (χ2v) is 5.89. The van der Waals surface area contributed by atoms with Crippen LogP contribution in [0.1, 0.15) is 37.0 Å². The van der Waals surface area contributed by atoms with Crippen LogP contribution in [0, 0.1) is 0 Å². The van der Waals surface area contributed by atoms with Crippen molar-refractivity contribution >= 4 is 22.9 Å². The Labute approximate surface area is 116 Å². The summed E-state index contributed by atoms with van der Waals surface area (Å²) in [6.07, 6.45) is 2.67. The maximum Gasteiger partial charge on any atom is 0.140 e. The summed E-state index contributed by atoms with van der Waals surface area (Å²) in [4.78, 5) is 5.51. The van der Waals surface area contributed by atoms with Crippen molar-refractivity contribution in [3.8, 4) is 0 Å². The van der Waals surface area contributed by atoms with E-state index in [4.69, 9.17) is 11.6 Å². The lowest BCUT2D eigenvalue weighted by atomic mass is 10.3. The van der Waals surface area contributed by atoms with Crippen LogP contribution in [-0.4, -0.2) is 14.8 Å². The quantitative estimate of drug-likeness (QED) is 0.885. The van der Waals surface area contributed by atoms with Crippen molar-refractivity contribution in [3.63, 3.8) is 0 Å². The van der Waals surface area contributed by atoms with Gasteiger partial charge in [0, 0.05) is 17.5 Å².